The van der Waals surface area contributed by atoms with Gasteiger partial charge in [-0.2, -0.15) is 13.2 Å². The summed E-state index contributed by atoms with van der Waals surface area (Å²) in [4.78, 5) is 24.2. The molecule has 1 aliphatic carbocycles. The number of hydrogen-bond acceptors (Lipinski definition) is 6. The molecule has 1 saturated carbocycles. The van der Waals surface area contributed by atoms with Gasteiger partial charge in [0.1, 0.15) is 22.7 Å². The Morgan fingerprint density at radius 2 is 1.94 bits per heavy atom. The van der Waals surface area contributed by atoms with Crippen LogP contribution in [-0.2, 0) is 11.0 Å². The van der Waals surface area contributed by atoms with E-state index in [1.165, 1.54) is 22.8 Å². The Morgan fingerprint density at radius 3 is 2.72 bits per heavy atom. The molecule has 8 nitrogen and oxygen atoms in total. The zero-order chi connectivity index (χ0) is 22.3. The van der Waals surface area contributed by atoms with Crippen LogP contribution in [0.25, 0.3) is 17.0 Å². The minimum Gasteiger partial charge on any atom is -0.338 e. The lowest BCUT2D eigenvalue weighted by Gasteiger charge is -2.11. The monoisotopic (exact) mass is 439 g/mol. The number of amides is 1. The number of hydrogen-bond donors (Lipinski definition) is 2. The van der Waals surface area contributed by atoms with Crippen molar-refractivity contribution in [3.8, 4) is 11.5 Å². The molecular formula is C21H16F3N7O. The Bertz CT molecular complexity index is 1310. The van der Waals surface area contributed by atoms with E-state index in [9.17, 15) is 18.0 Å². The SMILES string of the molecule is O=C(Nc1cc(Nc2nc(-c3cccc(C(F)(F)F)n3)nn3cccc23)ccn1)C1CC1. The van der Waals surface area contributed by atoms with Crippen LogP contribution in [0.3, 0.4) is 0 Å². The predicted octanol–water partition coefficient (Wildman–Crippen LogP) is 4.30. The maximum atomic E-state index is 13.1. The summed E-state index contributed by atoms with van der Waals surface area (Å²) in [7, 11) is 0. The van der Waals surface area contributed by atoms with Crippen molar-refractivity contribution in [3.05, 3.63) is 60.6 Å². The fourth-order valence-corrected chi connectivity index (χ4v) is 3.14. The van der Waals surface area contributed by atoms with Crippen molar-refractivity contribution in [2.45, 2.75) is 19.0 Å². The van der Waals surface area contributed by atoms with E-state index in [0.29, 0.717) is 22.8 Å². The molecule has 5 rings (SSSR count). The molecule has 162 valence electrons. The van der Waals surface area contributed by atoms with Crippen molar-refractivity contribution in [1.29, 1.82) is 0 Å². The van der Waals surface area contributed by atoms with E-state index in [4.69, 9.17) is 0 Å². The largest absolute Gasteiger partial charge is 0.433 e. The van der Waals surface area contributed by atoms with Gasteiger partial charge in [-0.25, -0.2) is 19.5 Å². The van der Waals surface area contributed by atoms with Gasteiger partial charge < -0.3 is 10.6 Å². The average Bonchev–Trinajstić information content (AvgIpc) is 3.51. The molecule has 4 heterocycles. The molecule has 4 aromatic rings. The van der Waals surface area contributed by atoms with Gasteiger partial charge in [0.15, 0.2) is 5.82 Å². The highest BCUT2D eigenvalue weighted by molar-refractivity contribution is 5.93. The van der Waals surface area contributed by atoms with E-state index in [0.717, 1.165) is 18.9 Å². The van der Waals surface area contributed by atoms with E-state index >= 15 is 0 Å². The van der Waals surface area contributed by atoms with Gasteiger partial charge in [-0.1, -0.05) is 6.07 Å². The molecule has 0 bridgehead atoms. The molecule has 0 unspecified atom stereocenters. The molecule has 1 fully saturated rings. The van der Waals surface area contributed by atoms with Gasteiger partial charge in [0, 0.05) is 30.1 Å². The van der Waals surface area contributed by atoms with Crippen molar-refractivity contribution in [1.82, 2.24) is 24.6 Å². The minimum atomic E-state index is -4.58. The zero-order valence-corrected chi connectivity index (χ0v) is 16.5. The molecule has 0 radical (unpaired) electrons. The number of pyridine rings is 2. The third-order valence-electron chi connectivity index (χ3n) is 4.88. The maximum Gasteiger partial charge on any atom is 0.433 e. The quantitative estimate of drug-likeness (QED) is 0.481. The molecular weight excluding hydrogens is 423 g/mol. The summed E-state index contributed by atoms with van der Waals surface area (Å²) in [5, 5.41) is 10.2. The number of nitrogens with zero attached hydrogens (tertiary/aromatic N) is 5. The summed E-state index contributed by atoms with van der Waals surface area (Å²) < 4.78 is 40.7. The minimum absolute atomic E-state index is 0.00871. The van der Waals surface area contributed by atoms with Crippen molar-refractivity contribution in [2.75, 3.05) is 10.6 Å². The van der Waals surface area contributed by atoms with Gasteiger partial charge in [0.25, 0.3) is 0 Å². The number of rotatable bonds is 5. The van der Waals surface area contributed by atoms with Gasteiger partial charge in [-0.05, 0) is 43.2 Å². The fraction of sp³-hybridized carbons (Fsp3) is 0.190. The number of carbonyl (C=O) groups excluding carboxylic acids is 1. The summed E-state index contributed by atoms with van der Waals surface area (Å²) in [5.41, 5.74) is 0.174. The maximum absolute atomic E-state index is 13.1. The highest BCUT2D eigenvalue weighted by Gasteiger charge is 2.33. The summed E-state index contributed by atoms with van der Waals surface area (Å²) in [5.74, 6) is 0.761. The van der Waals surface area contributed by atoms with E-state index in [1.807, 2.05) is 0 Å². The number of aromatic nitrogens is 5. The third kappa shape index (κ3) is 4.09. The van der Waals surface area contributed by atoms with Crippen LogP contribution >= 0.6 is 0 Å². The lowest BCUT2D eigenvalue weighted by molar-refractivity contribution is -0.141. The third-order valence-corrected chi connectivity index (χ3v) is 4.88. The van der Waals surface area contributed by atoms with Crippen molar-refractivity contribution in [3.63, 3.8) is 0 Å². The van der Waals surface area contributed by atoms with Gasteiger partial charge in [0.05, 0.1) is 0 Å². The standard InChI is InChI=1S/C21H16F3N7O/c22-21(23,24)16-5-1-3-14(27-16)18-29-19(15-4-2-10-31(15)30-18)26-13-8-9-25-17(11-13)28-20(32)12-6-7-12/h1-5,8-12H,6-7H2,(H2,25,26,28,29,30,32). The first-order valence-corrected chi connectivity index (χ1v) is 9.81. The molecule has 0 aromatic carbocycles. The van der Waals surface area contributed by atoms with Crippen LogP contribution in [0.4, 0.5) is 30.5 Å². The molecule has 11 heteroatoms. The van der Waals surface area contributed by atoms with Crippen molar-refractivity contribution < 1.29 is 18.0 Å². The van der Waals surface area contributed by atoms with Crippen molar-refractivity contribution in [2.24, 2.45) is 5.92 Å². The highest BCUT2D eigenvalue weighted by atomic mass is 19.4. The van der Waals surface area contributed by atoms with E-state index in [2.05, 4.69) is 30.7 Å². The van der Waals surface area contributed by atoms with Crippen LogP contribution in [0.5, 0.6) is 0 Å². The lowest BCUT2D eigenvalue weighted by atomic mass is 10.3. The van der Waals surface area contributed by atoms with Gasteiger partial charge >= 0.3 is 6.18 Å². The first-order chi connectivity index (χ1) is 15.4. The lowest BCUT2D eigenvalue weighted by Crippen LogP contribution is -2.14. The van der Waals surface area contributed by atoms with E-state index in [-0.39, 0.29) is 23.3 Å². The van der Waals surface area contributed by atoms with Crippen LogP contribution in [0.1, 0.15) is 18.5 Å². The molecule has 0 atom stereocenters. The summed E-state index contributed by atoms with van der Waals surface area (Å²) >= 11 is 0. The Kier molecular flexibility index (Phi) is 4.72. The summed E-state index contributed by atoms with van der Waals surface area (Å²) in [6, 6.07) is 10.4. The zero-order valence-electron chi connectivity index (χ0n) is 16.5. The van der Waals surface area contributed by atoms with Gasteiger partial charge in [0.2, 0.25) is 11.7 Å². The van der Waals surface area contributed by atoms with Crippen molar-refractivity contribution >= 4 is 28.7 Å². The first kappa shape index (κ1) is 19.9. The Labute approximate surface area is 179 Å². The smallest absolute Gasteiger partial charge is 0.338 e. The van der Waals surface area contributed by atoms with Crippen LogP contribution in [-0.4, -0.2) is 30.5 Å². The number of halogens is 3. The molecule has 4 aromatic heterocycles. The molecule has 32 heavy (non-hydrogen) atoms. The van der Waals surface area contributed by atoms with Gasteiger partial charge in [-0.3, -0.25) is 4.79 Å². The molecule has 0 saturated heterocycles. The topological polar surface area (TPSA) is 97.1 Å². The molecule has 1 aliphatic rings. The Balaban J connectivity index is 1.49. The van der Waals surface area contributed by atoms with Gasteiger partial charge in [-0.15, -0.1) is 5.10 Å². The molecule has 0 spiro atoms. The number of nitrogens with one attached hydrogen (secondary N) is 2. The number of fused-ring (bicyclic) bond motifs is 1. The first-order valence-electron chi connectivity index (χ1n) is 9.81. The molecule has 2 N–H and O–H groups in total. The van der Waals surface area contributed by atoms with Crippen LogP contribution in [0.2, 0.25) is 0 Å². The number of alkyl halides is 3. The second-order valence-corrected chi connectivity index (χ2v) is 7.35. The predicted molar refractivity (Wildman–Crippen MR) is 110 cm³/mol. The second kappa shape index (κ2) is 7.59. The molecule has 0 aliphatic heterocycles. The Morgan fingerprint density at radius 1 is 1.09 bits per heavy atom. The highest BCUT2D eigenvalue weighted by Crippen LogP contribution is 2.31. The van der Waals surface area contributed by atoms with E-state index in [1.54, 1.807) is 30.5 Å². The van der Waals surface area contributed by atoms with Crippen LogP contribution in [0.15, 0.2) is 54.9 Å². The fourth-order valence-electron chi connectivity index (χ4n) is 3.14. The normalized spacial score (nSPS) is 13.8. The second-order valence-electron chi connectivity index (χ2n) is 7.35. The van der Waals surface area contributed by atoms with E-state index < -0.39 is 11.9 Å². The van der Waals surface area contributed by atoms with Crippen LogP contribution < -0.4 is 10.6 Å². The number of anilines is 3. The summed E-state index contributed by atoms with van der Waals surface area (Å²) in [6.07, 6.45) is 0.378. The summed E-state index contributed by atoms with van der Waals surface area (Å²) in [6.45, 7) is 0. The average molecular weight is 439 g/mol. The molecule has 1 amide bonds. The Hall–Kier alpha value is -4.02. The number of carbonyl (C=O) groups is 1. The van der Waals surface area contributed by atoms with Crippen LogP contribution in [0, 0.1) is 5.92 Å².